The van der Waals surface area contributed by atoms with Crippen LogP contribution in [0, 0.1) is 10.1 Å². The Balaban J connectivity index is 1.41. The van der Waals surface area contributed by atoms with Gasteiger partial charge >= 0.3 is 0 Å². The van der Waals surface area contributed by atoms with Gasteiger partial charge in [0, 0.05) is 55.8 Å². The molecule has 0 N–H and O–H groups in total. The molecular formula is C20H17ClN6O3. The van der Waals surface area contributed by atoms with Crippen molar-refractivity contribution in [2.24, 2.45) is 0 Å². The third-order valence-corrected chi connectivity index (χ3v) is 5.23. The number of benzene rings is 1. The summed E-state index contributed by atoms with van der Waals surface area (Å²) in [7, 11) is 0. The largest absolute Gasteiger partial charge is 0.352 e. The lowest BCUT2D eigenvalue weighted by molar-refractivity contribution is -0.384. The van der Waals surface area contributed by atoms with Gasteiger partial charge in [-0.3, -0.25) is 19.9 Å². The molecule has 0 saturated carbocycles. The number of nitro groups is 1. The second-order valence-corrected chi connectivity index (χ2v) is 7.12. The summed E-state index contributed by atoms with van der Waals surface area (Å²) in [6, 6.07) is 11.7. The van der Waals surface area contributed by atoms with E-state index in [2.05, 4.69) is 20.1 Å². The van der Waals surface area contributed by atoms with Gasteiger partial charge in [-0.05, 0) is 36.4 Å². The fraction of sp³-hybridized carbons (Fsp3) is 0.200. The lowest BCUT2D eigenvalue weighted by Crippen LogP contribution is -2.49. The lowest BCUT2D eigenvalue weighted by Gasteiger charge is -2.35. The Kier molecular flexibility index (Phi) is 5.53. The molecule has 0 atom stereocenters. The number of nitrogens with zero attached hydrogens (tertiary/aromatic N) is 6. The van der Waals surface area contributed by atoms with E-state index in [9.17, 15) is 14.9 Å². The van der Waals surface area contributed by atoms with Crippen LogP contribution >= 0.6 is 11.6 Å². The van der Waals surface area contributed by atoms with Crippen LogP contribution in [0.2, 0.25) is 5.02 Å². The smallest absolute Gasteiger partial charge is 0.288 e. The standard InChI is InChI=1S/C20H17ClN6O3/c21-16-2-1-15(13-18(16)27(29)30)20(28)26-11-9-25(10-12-26)19-4-3-17(23-24-19)14-5-7-22-8-6-14/h1-8,13H,9-12H2. The zero-order chi connectivity index (χ0) is 21.1. The second-order valence-electron chi connectivity index (χ2n) is 6.72. The second kappa shape index (κ2) is 8.42. The molecule has 0 aliphatic carbocycles. The number of hydrogen-bond acceptors (Lipinski definition) is 7. The molecule has 1 aromatic carbocycles. The maximum absolute atomic E-state index is 12.7. The van der Waals surface area contributed by atoms with Crippen LogP contribution in [0.25, 0.3) is 11.3 Å². The molecule has 1 fully saturated rings. The average Bonchev–Trinajstić information content (AvgIpc) is 2.79. The number of aromatic nitrogens is 3. The first-order chi connectivity index (χ1) is 14.5. The maximum Gasteiger partial charge on any atom is 0.288 e. The normalized spacial score (nSPS) is 13.9. The van der Waals surface area contributed by atoms with Crippen molar-refractivity contribution in [3.05, 3.63) is 75.6 Å². The fourth-order valence-electron chi connectivity index (χ4n) is 3.28. The third-order valence-electron chi connectivity index (χ3n) is 4.91. The number of hydrogen-bond donors (Lipinski definition) is 0. The third kappa shape index (κ3) is 4.06. The van der Waals surface area contributed by atoms with E-state index in [1.165, 1.54) is 18.2 Å². The van der Waals surface area contributed by atoms with E-state index in [1.807, 2.05) is 24.3 Å². The topological polar surface area (TPSA) is 105 Å². The average molecular weight is 425 g/mol. The highest BCUT2D eigenvalue weighted by atomic mass is 35.5. The van der Waals surface area contributed by atoms with Gasteiger partial charge in [0.25, 0.3) is 11.6 Å². The van der Waals surface area contributed by atoms with Crippen molar-refractivity contribution in [2.75, 3.05) is 31.1 Å². The summed E-state index contributed by atoms with van der Waals surface area (Å²) in [5.41, 5.74) is 1.68. The highest BCUT2D eigenvalue weighted by Gasteiger charge is 2.25. The summed E-state index contributed by atoms with van der Waals surface area (Å²) in [4.78, 5) is 30.9. The molecule has 9 nitrogen and oxygen atoms in total. The number of anilines is 1. The minimum atomic E-state index is -0.592. The molecule has 1 amide bonds. The Morgan fingerprint density at radius 2 is 1.73 bits per heavy atom. The molecule has 1 saturated heterocycles. The van der Waals surface area contributed by atoms with Crippen LogP contribution in [0.3, 0.4) is 0 Å². The summed E-state index contributed by atoms with van der Waals surface area (Å²) < 4.78 is 0. The van der Waals surface area contributed by atoms with Gasteiger partial charge < -0.3 is 9.80 Å². The molecule has 1 aliphatic rings. The number of halogens is 1. The van der Waals surface area contributed by atoms with Crippen LogP contribution in [-0.2, 0) is 0 Å². The summed E-state index contributed by atoms with van der Waals surface area (Å²) in [6.45, 7) is 2.13. The minimum absolute atomic E-state index is 0.00940. The molecule has 2 aromatic heterocycles. The first-order valence-corrected chi connectivity index (χ1v) is 9.63. The van der Waals surface area contributed by atoms with Crippen molar-refractivity contribution in [3.8, 4) is 11.3 Å². The SMILES string of the molecule is O=C(c1ccc(Cl)c([N+](=O)[O-])c1)N1CCN(c2ccc(-c3ccncc3)nn2)CC1. The van der Waals surface area contributed by atoms with E-state index < -0.39 is 4.92 Å². The summed E-state index contributed by atoms with van der Waals surface area (Å²) >= 11 is 5.83. The van der Waals surface area contributed by atoms with Gasteiger partial charge in [-0.25, -0.2) is 0 Å². The van der Waals surface area contributed by atoms with Crippen molar-refractivity contribution in [2.45, 2.75) is 0 Å². The van der Waals surface area contributed by atoms with Gasteiger partial charge in [-0.15, -0.1) is 10.2 Å². The maximum atomic E-state index is 12.7. The number of carbonyl (C=O) groups excluding carboxylic acids is 1. The van der Waals surface area contributed by atoms with Gasteiger partial charge in [-0.1, -0.05) is 11.6 Å². The van der Waals surface area contributed by atoms with Crippen LogP contribution in [0.1, 0.15) is 10.4 Å². The number of nitro benzene ring substituents is 1. The lowest BCUT2D eigenvalue weighted by atomic mass is 10.1. The molecule has 0 spiro atoms. The molecule has 0 bridgehead atoms. The molecule has 152 valence electrons. The first kappa shape index (κ1) is 19.7. The van der Waals surface area contributed by atoms with E-state index in [4.69, 9.17) is 11.6 Å². The van der Waals surface area contributed by atoms with Crippen molar-refractivity contribution in [1.82, 2.24) is 20.1 Å². The first-order valence-electron chi connectivity index (χ1n) is 9.25. The molecule has 0 unspecified atom stereocenters. The molecule has 30 heavy (non-hydrogen) atoms. The molecular weight excluding hydrogens is 408 g/mol. The van der Waals surface area contributed by atoms with Crippen molar-refractivity contribution >= 4 is 29.0 Å². The predicted octanol–water partition coefficient (Wildman–Crippen LogP) is 3.06. The van der Waals surface area contributed by atoms with E-state index in [1.54, 1.807) is 17.3 Å². The highest BCUT2D eigenvalue weighted by Crippen LogP contribution is 2.26. The Labute approximate surface area is 177 Å². The van der Waals surface area contributed by atoms with E-state index in [0.29, 0.717) is 26.2 Å². The summed E-state index contributed by atoms with van der Waals surface area (Å²) in [5.74, 6) is 0.482. The van der Waals surface area contributed by atoms with E-state index in [-0.39, 0.29) is 22.2 Å². The van der Waals surface area contributed by atoms with Gasteiger partial charge in [0.05, 0.1) is 10.6 Å². The Bertz CT molecular complexity index is 1070. The van der Waals surface area contributed by atoms with E-state index >= 15 is 0 Å². The predicted molar refractivity (Wildman–Crippen MR) is 111 cm³/mol. The van der Waals surface area contributed by atoms with E-state index in [0.717, 1.165) is 17.1 Å². The monoisotopic (exact) mass is 424 g/mol. The molecule has 3 aromatic rings. The molecule has 10 heteroatoms. The van der Waals surface area contributed by atoms with Crippen molar-refractivity contribution in [1.29, 1.82) is 0 Å². The van der Waals surface area contributed by atoms with Crippen LogP contribution < -0.4 is 4.90 Å². The van der Waals surface area contributed by atoms with Gasteiger partial charge in [0.1, 0.15) is 5.02 Å². The quantitative estimate of drug-likeness (QED) is 0.468. The molecule has 1 aliphatic heterocycles. The van der Waals surface area contributed by atoms with Gasteiger partial charge in [0.2, 0.25) is 0 Å². The number of rotatable bonds is 4. The zero-order valence-electron chi connectivity index (χ0n) is 15.8. The minimum Gasteiger partial charge on any atom is -0.352 e. The van der Waals surface area contributed by atoms with Crippen molar-refractivity contribution < 1.29 is 9.72 Å². The molecule has 4 rings (SSSR count). The Morgan fingerprint density at radius 1 is 1.00 bits per heavy atom. The van der Waals surface area contributed by atoms with Gasteiger partial charge in [0.15, 0.2) is 5.82 Å². The highest BCUT2D eigenvalue weighted by molar-refractivity contribution is 6.32. The number of pyridine rings is 1. The Morgan fingerprint density at radius 3 is 2.37 bits per heavy atom. The van der Waals surface area contributed by atoms with Crippen LogP contribution in [0.15, 0.2) is 54.9 Å². The molecule has 0 radical (unpaired) electrons. The zero-order valence-corrected chi connectivity index (χ0v) is 16.6. The van der Waals surface area contributed by atoms with Crippen LogP contribution in [-0.4, -0.2) is 57.1 Å². The van der Waals surface area contributed by atoms with Gasteiger partial charge in [-0.2, -0.15) is 0 Å². The van der Waals surface area contributed by atoms with Crippen molar-refractivity contribution in [3.63, 3.8) is 0 Å². The molecule has 3 heterocycles. The number of carbonyl (C=O) groups is 1. The fourth-order valence-corrected chi connectivity index (χ4v) is 3.46. The number of amides is 1. The summed E-state index contributed by atoms with van der Waals surface area (Å²) in [6.07, 6.45) is 3.41. The number of piperazine rings is 1. The van der Waals surface area contributed by atoms with Crippen LogP contribution in [0.4, 0.5) is 11.5 Å². The Hall–Kier alpha value is -3.59. The summed E-state index contributed by atoms with van der Waals surface area (Å²) in [5, 5.41) is 19.7. The van der Waals surface area contributed by atoms with Crippen LogP contribution in [0.5, 0.6) is 0 Å².